The maximum absolute atomic E-state index is 13.0. The van der Waals surface area contributed by atoms with Gasteiger partial charge in [-0.2, -0.15) is 4.98 Å². The van der Waals surface area contributed by atoms with E-state index in [9.17, 15) is 4.79 Å². The number of benzene rings is 1. The molecule has 0 saturated carbocycles. The Kier molecular flexibility index (Phi) is 4.53. The number of carbonyl (C=O) groups excluding carboxylic acids is 1. The molecule has 7 nitrogen and oxygen atoms in total. The molecule has 128 valence electrons. The minimum atomic E-state index is -0.258. The molecule has 2 heterocycles. The summed E-state index contributed by atoms with van der Waals surface area (Å²) in [5.74, 6) is 0.969. The van der Waals surface area contributed by atoms with E-state index >= 15 is 0 Å². The average molecular weight is 330 g/mol. The second-order valence-corrected chi connectivity index (χ2v) is 6.19. The van der Waals surface area contributed by atoms with Crippen LogP contribution in [-0.2, 0) is 4.74 Å². The molecule has 24 heavy (non-hydrogen) atoms. The lowest BCUT2D eigenvalue weighted by Gasteiger charge is -2.22. The maximum atomic E-state index is 13.0. The van der Waals surface area contributed by atoms with Crippen LogP contribution >= 0.6 is 0 Å². The lowest BCUT2D eigenvalue weighted by molar-refractivity contribution is 0.0671. The van der Waals surface area contributed by atoms with Crippen molar-refractivity contribution in [1.29, 1.82) is 0 Å². The van der Waals surface area contributed by atoms with Crippen LogP contribution in [0, 0.1) is 6.92 Å². The molecule has 1 fully saturated rings. The summed E-state index contributed by atoms with van der Waals surface area (Å²) >= 11 is 0. The summed E-state index contributed by atoms with van der Waals surface area (Å²) in [7, 11) is 5.55. The van der Waals surface area contributed by atoms with E-state index in [0.29, 0.717) is 30.2 Å². The first kappa shape index (κ1) is 16.4. The molecule has 0 radical (unpaired) electrons. The highest BCUT2D eigenvalue weighted by Gasteiger charge is 2.39. The van der Waals surface area contributed by atoms with Gasteiger partial charge in [0.05, 0.1) is 6.10 Å². The van der Waals surface area contributed by atoms with Crippen LogP contribution in [0.25, 0.3) is 0 Å². The third-order valence-corrected chi connectivity index (χ3v) is 4.29. The molecule has 2 atom stereocenters. The standard InChI is InChI=1S/C17H22N4O3/c1-11-18-16(24-19-11)15-9-14(23-4)10-21(15)17(22)12-6-5-7-13(8-12)20(2)3/h5-8,14-15H,9-10H2,1-4H3/t14-,15+/m1/s1. The second-order valence-electron chi connectivity index (χ2n) is 6.19. The zero-order valence-corrected chi connectivity index (χ0v) is 14.4. The van der Waals surface area contributed by atoms with E-state index in [4.69, 9.17) is 9.26 Å². The number of likely N-dealkylation sites (tertiary alicyclic amines) is 1. The summed E-state index contributed by atoms with van der Waals surface area (Å²) in [6.07, 6.45) is 0.611. The zero-order chi connectivity index (χ0) is 17.3. The van der Waals surface area contributed by atoms with Crippen molar-refractivity contribution in [3.05, 3.63) is 41.5 Å². The molecule has 1 aliphatic rings. The average Bonchev–Trinajstić information content (AvgIpc) is 3.20. The molecular formula is C17H22N4O3. The summed E-state index contributed by atoms with van der Waals surface area (Å²) < 4.78 is 10.8. The number of hydrogen-bond acceptors (Lipinski definition) is 6. The van der Waals surface area contributed by atoms with Gasteiger partial charge in [0.15, 0.2) is 5.82 Å². The molecule has 0 N–H and O–H groups in total. The van der Waals surface area contributed by atoms with Gasteiger partial charge in [0, 0.05) is 45.4 Å². The van der Waals surface area contributed by atoms with Gasteiger partial charge < -0.3 is 19.1 Å². The topological polar surface area (TPSA) is 71.7 Å². The van der Waals surface area contributed by atoms with E-state index in [1.54, 1.807) is 18.9 Å². The van der Waals surface area contributed by atoms with Crippen molar-refractivity contribution in [2.45, 2.75) is 25.5 Å². The Bertz CT molecular complexity index is 728. The number of anilines is 1. The normalized spacial score (nSPS) is 20.4. The minimum absolute atomic E-state index is 0.0387. The number of amides is 1. The van der Waals surface area contributed by atoms with Gasteiger partial charge >= 0.3 is 0 Å². The zero-order valence-electron chi connectivity index (χ0n) is 14.4. The molecule has 1 aromatic carbocycles. The SMILES string of the molecule is CO[C@@H]1C[C@@H](c2nc(C)no2)N(C(=O)c2cccc(N(C)C)c2)C1. The van der Waals surface area contributed by atoms with E-state index in [1.165, 1.54) is 0 Å². The molecule has 0 bridgehead atoms. The fraction of sp³-hybridized carbons (Fsp3) is 0.471. The predicted molar refractivity (Wildman–Crippen MR) is 89.0 cm³/mol. The molecule has 2 aromatic rings. The van der Waals surface area contributed by atoms with Crippen LogP contribution < -0.4 is 4.90 Å². The lowest BCUT2D eigenvalue weighted by atomic mass is 10.1. The number of aryl methyl sites for hydroxylation is 1. The van der Waals surface area contributed by atoms with Gasteiger partial charge in [0.25, 0.3) is 5.91 Å². The van der Waals surface area contributed by atoms with Crippen molar-refractivity contribution in [2.24, 2.45) is 0 Å². The fourth-order valence-corrected chi connectivity index (χ4v) is 2.96. The minimum Gasteiger partial charge on any atom is -0.380 e. The molecule has 1 aliphatic heterocycles. The Morgan fingerprint density at radius 3 is 2.83 bits per heavy atom. The lowest BCUT2D eigenvalue weighted by Crippen LogP contribution is -2.32. The van der Waals surface area contributed by atoms with Gasteiger partial charge in [-0.25, -0.2) is 0 Å². The van der Waals surface area contributed by atoms with E-state index in [2.05, 4.69) is 10.1 Å². The van der Waals surface area contributed by atoms with E-state index in [-0.39, 0.29) is 18.1 Å². The summed E-state index contributed by atoms with van der Waals surface area (Å²) in [6.45, 7) is 2.27. The van der Waals surface area contributed by atoms with Crippen LogP contribution in [0.3, 0.4) is 0 Å². The molecule has 7 heteroatoms. The highest BCUT2D eigenvalue weighted by molar-refractivity contribution is 5.95. The van der Waals surface area contributed by atoms with Gasteiger partial charge in [-0.3, -0.25) is 4.79 Å². The second kappa shape index (κ2) is 6.60. The fourth-order valence-electron chi connectivity index (χ4n) is 2.96. The first-order chi connectivity index (χ1) is 11.5. The van der Waals surface area contributed by atoms with Crippen LogP contribution in [0.4, 0.5) is 5.69 Å². The molecule has 0 spiro atoms. The summed E-state index contributed by atoms with van der Waals surface area (Å²) in [5.41, 5.74) is 1.62. The summed E-state index contributed by atoms with van der Waals surface area (Å²) in [6, 6.07) is 7.31. The van der Waals surface area contributed by atoms with Gasteiger partial charge in [-0.05, 0) is 25.1 Å². The number of ether oxygens (including phenoxy) is 1. The number of carbonyl (C=O) groups is 1. The van der Waals surface area contributed by atoms with Crippen molar-refractivity contribution < 1.29 is 14.1 Å². The Labute approximate surface area is 141 Å². The summed E-state index contributed by atoms with van der Waals surface area (Å²) in [5, 5.41) is 3.84. The Morgan fingerprint density at radius 2 is 2.21 bits per heavy atom. The van der Waals surface area contributed by atoms with Gasteiger partial charge in [-0.15, -0.1) is 0 Å². The number of methoxy groups -OCH3 is 1. The Morgan fingerprint density at radius 1 is 1.42 bits per heavy atom. The van der Waals surface area contributed by atoms with Gasteiger partial charge in [0.2, 0.25) is 5.89 Å². The number of nitrogens with zero attached hydrogens (tertiary/aromatic N) is 4. The van der Waals surface area contributed by atoms with Crippen molar-refractivity contribution in [1.82, 2.24) is 15.0 Å². The van der Waals surface area contributed by atoms with Gasteiger partial charge in [0.1, 0.15) is 6.04 Å². The smallest absolute Gasteiger partial charge is 0.254 e. The van der Waals surface area contributed by atoms with Crippen LogP contribution in [0.2, 0.25) is 0 Å². The molecular weight excluding hydrogens is 308 g/mol. The van der Waals surface area contributed by atoms with Crippen molar-refractivity contribution >= 4 is 11.6 Å². The van der Waals surface area contributed by atoms with E-state index < -0.39 is 0 Å². The first-order valence-electron chi connectivity index (χ1n) is 7.91. The number of aromatic nitrogens is 2. The van der Waals surface area contributed by atoms with E-state index in [1.807, 2.05) is 43.3 Å². The van der Waals surface area contributed by atoms with Gasteiger partial charge in [-0.1, -0.05) is 11.2 Å². The summed E-state index contributed by atoms with van der Waals surface area (Å²) in [4.78, 5) is 21.1. The third kappa shape index (κ3) is 3.12. The quantitative estimate of drug-likeness (QED) is 0.854. The molecule has 1 amide bonds. The van der Waals surface area contributed by atoms with Crippen LogP contribution in [0.5, 0.6) is 0 Å². The monoisotopic (exact) mass is 330 g/mol. The first-order valence-corrected chi connectivity index (χ1v) is 7.91. The Hall–Kier alpha value is -2.41. The van der Waals surface area contributed by atoms with Crippen molar-refractivity contribution in [3.63, 3.8) is 0 Å². The Balaban J connectivity index is 1.90. The largest absolute Gasteiger partial charge is 0.380 e. The van der Waals surface area contributed by atoms with Crippen LogP contribution in [-0.4, -0.2) is 54.8 Å². The highest BCUT2D eigenvalue weighted by Crippen LogP contribution is 2.34. The predicted octanol–water partition coefficient (Wildman–Crippen LogP) is 2.05. The molecule has 0 unspecified atom stereocenters. The van der Waals surface area contributed by atoms with Crippen LogP contribution in [0.15, 0.2) is 28.8 Å². The maximum Gasteiger partial charge on any atom is 0.254 e. The molecule has 1 saturated heterocycles. The van der Waals surface area contributed by atoms with Crippen LogP contribution in [0.1, 0.15) is 34.5 Å². The number of rotatable bonds is 4. The molecule has 0 aliphatic carbocycles. The van der Waals surface area contributed by atoms with Crippen molar-refractivity contribution in [2.75, 3.05) is 32.6 Å². The number of hydrogen-bond donors (Lipinski definition) is 0. The molecule has 1 aromatic heterocycles. The molecule has 3 rings (SSSR count). The third-order valence-electron chi connectivity index (χ3n) is 4.29. The van der Waals surface area contributed by atoms with E-state index in [0.717, 1.165) is 5.69 Å². The van der Waals surface area contributed by atoms with Crippen molar-refractivity contribution in [3.8, 4) is 0 Å². The highest BCUT2D eigenvalue weighted by atomic mass is 16.5.